The van der Waals surface area contributed by atoms with Crippen molar-refractivity contribution < 1.29 is 63.7 Å². The largest absolute Gasteiger partial charge is 0.387 e. The Bertz CT molecular complexity index is 3480. The molecule has 3 aromatic heterocycles. The molecule has 446 valence electrons. The molecule has 0 bridgehead atoms. The number of H-pyrrole nitrogens is 6. The molecule has 3 aromatic rings. The van der Waals surface area contributed by atoms with Crippen LogP contribution in [-0.4, -0.2) is 146 Å². The number of aliphatic hydroxyl groups excluding tert-OH is 5. The van der Waals surface area contributed by atoms with Gasteiger partial charge in [-0.2, -0.15) is 0 Å². The van der Waals surface area contributed by atoms with Crippen LogP contribution in [0.4, 0.5) is 17.1 Å². The molecular formula is C54H71N9O19. The number of nitrogens with one attached hydrogen (secondary N) is 9. The zero-order valence-corrected chi connectivity index (χ0v) is 46.2. The summed E-state index contributed by atoms with van der Waals surface area (Å²) < 4.78 is 24.8. The van der Waals surface area contributed by atoms with Gasteiger partial charge in [0.15, 0.2) is 30.6 Å². The highest BCUT2D eigenvalue weighted by Crippen LogP contribution is 2.75. The first-order valence-electron chi connectivity index (χ1n) is 27.5. The van der Waals surface area contributed by atoms with E-state index in [1.807, 2.05) is 36.8 Å². The van der Waals surface area contributed by atoms with Crippen LogP contribution in [0.5, 0.6) is 0 Å². The van der Waals surface area contributed by atoms with Gasteiger partial charge in [-0.1, -0.05) is 54.0 Å². The molecule has 28 nitrogen and oxygen atoms in total. The summed E-state index contributed by atoms with van der Waals surface area (Å²) in [5.41, 5.74) is -8.94. The lowest BCUT2D eigenvalue weighted by Crippen LogP contribution is -2.68. The number of fused-ring (bicyclic) bond motifs is 7. The lowest BCUT2D eigenvalue weighted by Gasteiger charge is -2.70. The summed E-state index contributed by atoms with van der Waals surface area (Å²) in [6.07, 6.45) is -11.7. The first kappa shape index (κ1) is 58.7. The normalized spacial score (nSPS) is 40.4. The Hall–Kier alpha value is -6.50. The quantitative estimate of drug-likeness (QED) is 0.109. The minimum Gasteiger partial charge on any atom is -0.387 e. The molecule has 19 atom stereocenters. The van der Waals surface area contributed by atoms with Gasteiger partial charge in [-0.05, 0) is 103 Å². The lowest BCUT2D eigenvalue weighted by molar-refractivity contribution is -0.369. The molecule has 28 heteroatoms. The second-order valence-electron chi connectivity index (χ2n) is 25.5. The van der Waals surface area contributed by atoms with E-state index in [1.54, 1.807) is 0 Å². The number of amides is 3. The van der Waals surface area contributed by atoms with E-state index in [1.165, 1.54) is 6.20 Å². The number of aliphatic hydroxyl groups is 5. The van der Waals surface area contributed by atoms with Crippen LogP contribution < -0.4 is 49.7 Å². The van der Waals surface area contributed by atoms with Crippen LogP contribution >= 0.6 is 0 Å². The van der Waals surface area contributed by atoms with Gasteiger partial charge in [0.2, 0.25) is 5.91 Å². The first-order valence-corrected chi connectivity index (χ1v) is 27.5. The van der Waals surface area contributed by atoms with E-state index in [0.29, 0.717) is 38.5 Å². The van der Waals surface area contributed by atoms with Crippen LogP contribution in [0.3, 0.4) is 0 Å². The summed E-state index contributed by atoms with van der Waals surface area (Å²) in [5, 5.41) is 63.9. The van der Waals surface area contributed by atoms with Crippen LogP contribution in [0.15, 0.2) is 59.0 Å². The molecule has 5 heterocycles. The van der Waals surface area contributed by atoms with Crippen molar-refractivity contribution in [2.75, 3.05) is 16.0 Å². The maximum Gasteiger partial charge on any atom is 0.325 e. The van der Waals surface area contributed by atoms with E-state index < -0.39 is 157 Å². The number of aromatic amines is 6. The highest BCUT2D eigenvalue weighted by molar-refractivity contribution is 5.97. The fourth-order valence-electron chi connectivity index (χ4n) is 15.6. The molecule has 5 aliphatic carbocycles. The van der Waals surface area contributed by atoms with E-state index in [-0.39, 0.29) is 41.0 Å². The molecular weight excluding hydrogens is 1080 g/mol. The number of carbonyl (C=O) groups excluding carboxylic acids is 4. The number of rotatable bonds is 10. The standard InChI is InChI=1S/C54H71N9O19/c1-49(2)27-8-11-54(7)37(26(64)16-21-22-17-51(4,13-12-50(22,3)14-15-53(21,54)6)45(75)60-25-20-57-48(78)63-40(25)72)52(27,5)10-9-28(49)79-44-36(32(68)31(67)35(81-44)42(74)59-24-19-56-47(77)62-39(24)71)82-43-33(69)29(65)30(66)34(80-43)41(73)58-23-18-55-46(76)61-38(23)70/h16,18-20,22,27-37,43-44,65-69H,8-15,17H2,1-7H3,(H,58,73)(H,59,74)(H,60,75)(H2,55,61,70,76)(H2,56,62,71,77)(H2,57,63,72,78)/t22?,27?,28?,29?,30?,31?,32?,33?,34?,35?,36?,37?,43?,44?,50-,51+,52+,53-,54-/m1/s1. The first-order chi connectivity index (χ1) is 38.4. The Labute approximate surface area is 465 Å². The maximum atomic E-state index is 15.4. The zero-order valence-electron chi connectivity index (χ0n) is 46.2. The van der Waals surface area contributed by atoms with Gasteiger partial charge in [-0.15, -0.1) is 0 Å². The molecule has 0 spiro atoms. The molecule has 2 saturated heterocycles. The highest BCUT2D eigenvalue weighted by Gasteiger charge is 2.71. The highest BCUT2D eigenvalue weighted by atomic mass is 16.8. The zero-order chi connectivity index (χ0) is 59.6. The van der Waals surface area contributed by atoms with E-state index in [9.17, 15) is 68.7 Å². The summed E-state index contributed by atoms with van der Waals surface area (Å²) in [7, 11) is 0. The molecule has 0 radical (unpaired) electrons. The number of carbonyl (C=O) groups is 4. The summed E-state index contributed by atoms with van der Waals surface area (Å²) in [6.45, 7) is 14.6. The topological polar surface area (TPSA) is 440 Å². The fraction of sp³-hybridized carbons (Fsp3) is 0.667. The second kappa shape index (κ2) is 20.7. The summed E-state index contributed by atoms with van der Waals surface area (Å²) in [5.74, 6) is -3.67. The van der Waals surface area contributed by atoms with Crippen molar-refractivity contribution in [3.8, 4) is 0 Å². The number of allylic oxidation sites excluding steroid dienone is 2. The predicted octanol–water partition coefficient (Wildman–Crippen LogP) is -0.962. The number of anilines is 3. The number of ketones is 1. The van der Waals surface area contributed by atoms with Crippen LogP contribution in [0.2, 0.25) is 0 Å². The molecule has 2 aliphatic heterocycles. The monoisotopic (exact) mass is 1150 g/mol. The van der Waals surface area contributed by atoms with E-state index >= 15 is 4.79 Å². The average Bonchev–Trinajstić information content (AvgIpc) is 1.88. The molecule has 10 rings (SSSR count). The number of hydrogen-bond donors (Lipinski definition) is 14. The molecule has 82 heavy (non-hydrogen) atoms. The number of aromatic nitrogens is 6. The van der Waals surface area contributed by atoms with Gasteiger partial charge in [0.05, 0.1) is 6.10 Å². The molecule has 0 aromatic carbocycles. The smallest absolute Gasteiger partial charge is 0.325 e. The van der Waals surface area contributed by atoms with Crippen molar-refractivity contribution in [1.29, 1.82) is 0 Å². The Morgan fingerprint density at radius 2 is 1.10 bits per heavy atom. The molecule has 4 saturated carbocycles. The van der Waals surface area contributed by atoms with E-state index in [0.717, 1.165) is 30.8 Å². The number of ether oxygens (including phenoxy) is 4. The third kappa shape index (κ3) is 9.61. The van der Waals surface area contributed by atoms with Gasteiger partial charge in [0.1, 0.15) is 53.7 Å². The van der Waals surface area contributed by atoms with Crippen molar-refractivity contribution >= 4 is 40.6 Å². The third-order valence-electron chi connectivity index (χ3n) is 20.5. The Balaban J connectivity index is 0.928. The van der Waals surface area contributed by atoms with E-state index in [4.69, 9.17) is 18.9 Å². The van der Waals surface area contributed by atoms with Crippen LogP contribution in [-0.2, 0) is 38.1 Å². The van der Waals surface area contributed by atoms with Crippen LogP contribution in [0.1, 0.15) is 106 Å². The van der Waals surface area contributed by atoms with Crippen molar-refractivity contribution in [3.63, 3.8) is 0 Å². The van der Waals surface area contributed by atoms with Crippen molar-refractivity contribution in [2.45, 2.75) is 174 Å². The third-order valence-corrected chi connectivity index (χ3v) is 20.5. The average molecular weight is 1150 g/mol. The van der Waals surface area contributed by atoms with Gasteiger partial charge in [-0.3, -0.25) is 48.5 Å². The van der Waals surface area contributed by atoms with Gasteiger partial charge in [0.25, 0.3) is 28.5 Å². The van der Waals surface area contributed by atoms with Gasteiger partial charge >= 0.3 is 17.1 Å². The van der Waals surface area contributed by atoms with Crippen molar-refractivity contribution in [2.24, 2.45) is 50.2 Å². The molecule has 14 N–H and O–H groups in total. The van der Waals surface area contributed by atoms with Gasteiger partial charge in [-0.25, -0.2) is 14.4 Å². The maximum absolute atomic E-state index is 15.4. The molecule has 6 fully saturated rings. The molecule has 3 amide bonds. The van der Waals surface area contributed by atoms with Crippen LogP contribution in [0.25, 0.3) is 0 Å². The second-order valence-corrected chi connectivity index (χ2v) is 25.5. The Kier molecular flexibility index (Phi) is 14.8. The summed E-state index contributed by atoms with van der Waals surface area (Å²) in [4.78, 5) is 142. The summed E-state index contributed by atoms with van der Waals surface area (Å²) in [6, 6.07) is 0. The Morgan fingerprint density at radius 1 is 0.585 bits per heavy atom. The fourth-order valence-corrected chi connectivity index (χ4v) is 15.6. The van der Waals surface area contributed by atoms with Gasteiger partial charge in [0, 0.05) is 29.9 Å². The summed E-state index contributed by atoms with van der Waals surface area (Å²) >= 11 is 0. The predicted molar refractivity (Wildman–Crippen MR) is 285 cm³/mol. The minimum absolute atomic E-state index is 0.0229. The Morgan fingerprint density at radius 3 is 1.65 bits per heavy atom. The molecule has 7 aliphatic rings. The SMILES string of the molecule is CC1(C)C(OC2OC(C(=O)Nc3c[nH]c(=O)[nH]c3=O)C(O)C(O)C2OC2OC(C(=O)Nc3c[nH]c(=O)[nH]c3=O)C(O)C(O)C2O)CC[C@@]2(C)C1CC[C@]1(C)C2C(=O)C=C2C3C[C@@](C)(C(=O)Nc4c[nH]c(=O)[nH]c4=O)CC[C@]3(C)CC[C@]21C. The van der Waals surface area contributed by atoms with Crippen molar-refractivity contribution in [1.82, 2.24) is 29.9 Å². The van der Waals surface area contributed by atoms with Crippen molar-refractivity contribution in [3.05, 3.63) is 92.8 Å². The van der Waals surface area contributed by atoms with Crippen LogP contribution in [0, 0.1) is 50.2 Å². The lowest BCUT2D eigenvalue weighted by atomic mass is 9.33. The van der Waals surface area contributed by atoms with E-state index in [2.05, 4.69) is 63.6 Å². The number of hydrogen-bond acceptors (Lipinski definition) is 19. The molecule has 14 unspecified atom stereocenters. The minimum atomic E-state index is -2.19. The van der Waals surface area contributed by atoms with Gasteiger partial charge < -0.3 is 75.4 Å².